The van der Waals surface area contributed by atoms with Crippen LogP contribution in [0.4, 0.5) is 14.6 Å². The Kier molecular flexibility index (Phi) is 2.86. The largest absolute Gasteiger partial charge is 0.365 e. The summed E-state index contributed by atoms with van der Waals surface area (Å²) >= 11 is 2.87. The van der Waals surface area contributed by atoms with Gasteiger partial charge in [0.05, 0.1) is 6.07 Å². The van der Waals surface area contributed by atoms with Gasteiger partial charge in [0.15, 0.2) is 0 Å². The van der Waals surface area contributed by atoms with E-state index in [1.165, 1.54) is 0 Å². The second-order valence-corrected chi connectivity index (χ2v) is 3.04. The van der Waals surface area contributed by atoms with Crippen LogP contribution < -0.4 is 0 Å². The zero-order valence-corrected chi connectivity index (χ0v) is 7.66. The van der Waals surface area contributed by atoms with Crippen LogP contribution >= 0.6 is 15.9 Å². The predicted octanol–water partition coefficient (Wildman–Crippen LogP) is 2.69. The zero-order valence-electron chi connectivity index (χ0n) is 6.08. The molecule has 1 heterocycles. The Labute approximate surface area is 79.9 Å². The molecular weight excluding hydrogens is 250 g/mol. The normalized spacial score (nSPS) is 10.5. The van der Waals surface area contributed by atoms with Gasteiger partial charge in [0.2, 0.25) is 5.69 Å². The molecule has 0 aliphatic rings. The van der Waals surface area contributed by atoms with E-state index >= 15 is 0 Å². The van der Waals surface area contributed by atoms with Gasteiger partial charge in [-0.3, -0.25) is 0 Å². The molecule has 0 amide bonds. The van der Waals surface area contributed by atoms with Crippen LogP contribution in [0.25, 0.3) is 0 Å². The molecule has 7 heteroatoms. The highest BCUT2D eigenvalue weighted by Crippen LogP contribution is 2.24. The van der Waals surface area contributed by atoms with Crippen molar-refractivity contribution in [3.05, 3.63) is 32.4 Å². The first-order valence-electron chi connectivity index (χ1n) is 3.10. The van der Waals surface area contributed by atoms with E-state index < -0.39 is 22.9 Å². The molecule has 1 aromatic rings. The minimum atomic E-state index is -2.81. The van der Waals surface area contributed by atoms with E-state index in [-0.39, 0.29) is 4.47 Å². The fourth-order valence-electron chi connectivity index (χ4n) is 0.708. The summed E-state index contributed by atoms with van der Waals surface area (Å²) in [6.07, 6.45) is -2.81. The Morgan fingerprint density at radius 2 is 2.15 bits per heavy atom. The highest BCUT2D eigenvalue weighted by atomic mass is 79.9. The molecule has 1 rings (SSSR count). The van der Waals surface area contributed by atoms with Crippen molar-refractivity contribution in [3.8, 4) is 0 Å². The second kappa shape index (κ2) is 3.73. The van der Waals surface area contributed by atoms with Gasteiger partial charge in [-0.05, 0) is 9.91 Å². The number of hydrogen-bond donors (Lipinski definition) is 0. The van der Waals surface area contributed by atoms with Gasteiger partial charge < -0.3 is 10.1 Å². The molecule has 0 aromatic carbocycles. The molecule has 0 saturated carbocycles. The van der Waals surface area contributed by atoms with Crippen molar-refractivity contribution in [1.29, 1.82) is 0 Å². The lowest BCUT2D eigenvalue weighted by atomic mass is 10.3. The Hall–Kier alpha value is -1.11. The first-order valence-corrected chi connectivity index (χ1v) is 3.90. The summed E-state index contributed by atoms with van der Waals surface area (Å²) in [5, 5.41) is 10.2. The van der Waals surface area contributed by atoms with Crippen LogP contribution in [0.5, 0.6) is 0 Å². The van der Waals surface area contributed by atoms with Crippen molar-refractivity contribution in [1.82, 2.24) is 4.98 Å². The van der Waals surface area contributed by atoms with Crippen LogP contribution in [-0.4, -0.2) is 9.91 Å². The monoisotopic (exact) mass is 252 g/mol. The summed E-state index contributed by atoms with van der Waals surface area (Å²) in [5.41, 5.74) is -0.610. The Balaban J connectivity index is 3.19. The summed E-state index contributed by atoms with van der Waals surface area (Å²) in [5.74, 6) is -0.593. The molecule has 4 nitrogen and oxygen atoms in total. The Morgan fingerprint density at radius 1 is 1.54 bits per heavy atom. The van der Waals surface area contributed by atoms with Crippen LogP contribution in [0.3, 0.4) is 0 Å². The molecule has 0 unspecified atom stereocenters. The summed E-state index contributed by atoms with van der Waals surface area (Å²) in [7, 11) is 0. The number of nitrogens with zero attached hydrogens (tertiary/aromatic N) is 2. The maximum absolute atomic E-state index is 12.1. The van der Waals surface area contributed by atoms with Crippen LogP contribution in [0.1, 0.15) is 12.1 Å². The third-order valence-corrected chi connectivity index (χ3v) is 1.66. The van der Waals surface area contributed by atoms with E-state index in [1.54, 1.807) is 0 Å². The Morgan fingerprint density at radius 3 is 2.62 bits per heavy atom. The average molecular weight is 253 g/mol. The van der Waals surface area contributed by atoms with E-state index in [9.17, 15) is 18.9 Å². The van der Waals surface area contributed by atoms with Gasteiger partial charge in [0.1, 0.15) is 0 Å². The number of aromatic nitrogens is 1. The van der Waals surface area contributed by atoms with E-state index in [2.05, 4.69) is 20.9 Å². The van der Waals surface area contributed by atoms with Crippen molar-refractivity contribution < 1.29 is 13.7 Å². The SMILES string of the molecule is O=[N+]([O-])c1cc(Br)cc(C(F)F)n1. The van der Waals surface area contributed by atoms with Crippen molar-refractivity contribution in [3.63, 3.8) is 0 Å². The van der Waals surface area contributed by atoms with E-state index in [0.29, 0.717) is 0 Å². The third kappa shape index (κ3) is 2.41. The van der Waals surface area contributed by atoms with Crippen molar-refractivity contribution in [2.24, 2.45) is 0 Å². The summed E-state index contributed by atoms with van der Waals surface area (Å²) < 4.78 is 24.4. The first kappa shape index (κ1) is 9.97. The molecular formula is C6H3BrF2N2O2. The van der Waals surface area contributed by atoms with Crippen molar-refractivity contribution >= 4 is 21.7 Å². The van der Waals surface area contributed by atoms with Crippen molar-refractivity contribution in [2.75, 3.05) is 0 Å². The molecule has 0 bridgehead atoms. The van der Waals surface area contributed by atoms with Crippen LogP contribution in [0.15, 0.2) is 16.6 Å². The molecule has 0 atom stereocenters. The summed E-state index contributed by atoms with van der Waals surface area (Å²) in [6.45, 7) is 0. The highest BCUT2D eigenvalue weighted by molar-refractivity contribution is 9.10. The number of nitro groups is 1. The lowest BCUT2D eigenvalue weighted by molar-refractivity contribution is -0.389. The molecule has 0 spiro atoms. The molecule has 0 N–H and O–H groups in total. The minimum Gasteiger partial charge on any atom is -0.358 e. The molecule has 0 saturated heterocycles. The average Bonchev–Trinajstić information content (AvgIpc) is 2.03. The van der Waals surface area contributed by atoms with Crippen LogP contribution in [0.2, 0.25) is 0 Å². The quantitative estimate of drug-likeness (QED) is 0.601. The fraction of sp³-hybridized carbons (Fsp3) is 0.167. The smallest absolute Gasteiger partial charge is 0.358 e. The fourth-order valence-corrected chi connectivity index (χ4v) is 1.15. The molecule has 13 heavy (non-hydrogen) atoms. The Bertz CT molecular complexity index is 345. The van der Waals surface area contributed by atoms with Gasteiger partial charge in [0, 0.05) is 10.5 Å². The molecule has 0 radical (unpaired) electrons. The van der Waals surface area contributed by atoms with Gasteiger partial charge in [0.25, 0.3) is 0 Å². The highest BCUT2D eigenvalue weighted by Gasteiger charge is 2.19. The number of pyridine rings is 1. The lowest BCUT2D eigenvalue weighted by Gasteiger charge is -1.96. The van der Waals surface area contributed by atoms with Crippen molar-refractivity contribution in [2.45, 2.75) is 6.43 Å². The van der Waals surface area contributed by atoms with Gasteiger partial charge >= 0.3 is 12.2 Å². The topological polar surface area (TPSA) is 56.0 Å². The standard InChI is InChI=1S/C6H3BrF2N2O2/c7-3-1-4(6(8)9)10-5(2-3)11(12)13/h1-2,6H. The third-order valence-electron chi connectivity index (χ3n) is 1.21. The molecule has 70 valence electrons. The van der Waals surface area contributed by atoms with E-state index in [0.717, 1.165) is 12.1 Å². The van der Waals surface area contributed by atoms with E-state index in [1.807, 2.05) is 0 Å². The first-order chi connectivity index (χ1) is 6.00. The molecule has 0 fully saturated rings. The van der Waals surface area contributed by atoms with Crippen LogP contribution in [-0.2, 0) is 0 Å². The number of alkyl halides is 2. The van der Waals surface area contributed by atoms with Crippen LogP contribution in [0, 0.1) is 10.1 Å². The van der Waals surface area contributed by atoms with Gasteiger partial charge in [-0.2, -0.15) is 0 Å². The molecule has 0 aliphatic heterocycles. The molecule has 1 aromatic heterocycles. The molecule has 0 aliphatic carbocycles. The van der Waals surface area contributed by atoms with Gasteiger partial charge in [-0.25, -0.2) is 8.78 Å². The lowest BCUT2D eigenvalue weighted by Crippen LogP contribution is -1.96. The zero-order chi connectivity index (χ0) is 10.0. The maximum Gasteiger partial charge on any atom is 0.365 e. The van der Waals surface area contributed by atoms with Gasteiger partial charge in [-0.1, -0.05) is 15.9 Å². The van der Waals surface area contributed by atoms with Gasteiger partial charge in [-0.15, -0.1) is 0 Å². The number of hydrogen-bond acceptors (Lipinski definition) is 3. The second-order valence-electron chi connectivity index (χ2n) is 2.13. The maximum atomic E-state index is 12.1. The number of halogens is 3. The number of rotatable bonds is 2. The minimum absolute atomic E-state index is 0.213. The van der Waals surface area contributed by atoms with E-state index in [4.69, 9.17) is 0 Å². The summed E-state index contributed by atoms with van der Waals surface area (Å²) in [6, 6.07) is 2.10. The summed E-state index contributed by atoms with van der Waals surface area (Å²) in [4.78, 5) is 12.5. The predicted molar refractivity (Wildman–Crippen MR) is 43.5 cm³/mol.